The molecule has 44 heavy (non-hydrogen) atoms. The Morgan fingerprint density at radius 3 is 1.30 bits per heavy atom. The number of amides is 1. The predicted octanol–water partition coefficient (Wildman–Crippen LogP) is 7.58. The number of nitrogens with zero attached hydrogens (tertiary/aromatic N) is 2. The molecule has 3 aromatic rings. The first-order valence-corrected chi connectivity index (χ1v) is 15.3. The van der Waals surface area contributed by atoms with Crippen molar-refractivity contribution in [2.45, 2.75) is 70.5 Å². The van der Waals surface area contributed by atoms with E-state index in [1.165, 1.54) is 6.92 Å². The molecule has 0 atom stereocenters. The summed E-state index contributed by atoms with van der Waals surface area (Å²) < 4.78 is 40.7. The van der Waals surface area contributed by atoms with Gasteiger partial charge < -0.3 is 14.5 Å². The standard InChI is InChI=1S/C36H43F3N2O3/c1-29(42)17-12-14-25-40(34(44)36(37,38)39)26-16-28-41(27-15-13-18-30(2)43)35(31-19-6-3-7-20-31,32-21-8-4-9-22-32)33-23-10-5-11-24-33/h3-11,19-24H,12-18,25-28H2,1-2H3. The van der Waals surface area contributed by atoms with Gasteiger partial charge in [-0.25, -0.2) is 0 Å². The topological polar surface area (TPSA) is 57.7 Å². The lowest BCUT2D eigenvalue weighted by molar-refractivity contribution is -0.185. The molecule has 0 bridgehead atoms. The molecule has 3 rings (SSSR count). The monoisotopic (exact) mass is 608 g/mol. The lowest BCUT2D eigenvalue weighted by Crippen LogP contribution is -2.50. The number of unbranched alkanes of at least 4 members (excludes halogenated alkanes) is 2. The Morgan fingerprint density at radius 1 is 0.545 bits per heavy atom. The molecule has 0 aliphatic rings. The highest BCUT2D eigenvalue weighted by Crippen LogP contribution is 2.42. The second kappa shape index (κ2) is 16.9. The Kier molecular flexibility index (Phi) is 13.3. The molecule has 0 aliphatic carbocycles. The molecular formula is C36H43F3N2O3. The molecule has 0 spiro atoms. The van der Waals surface area contributed by atoms with Crippen LogP contribution in [0.1, 0.15) is 75.5 Å². The highest BCUT2D eigenvalue weighted by atomic mass is 19.4. The van der Waals surface area contributed by atoms with Gasteiger partial charge in [-0.2, -0.15) is 13.2 Å². The van der Waals surface area contributed by atoms with Gasteiger partial charge in [-0.05, 0) is 69.2 Å². The van der Waals surface area contributed by atoms with Crippen LogP contribution >= 0.6 is 0 Å². The zero-order valence-corrected chi connectivity index (χ0v) is 25.7. The second-order valence-electron chi connectivity index (χ2n) is 11.3. The highest BCUT2D eigenvalue weighted by molar-refractivity contribution is 5.81. The fourth-order valence-electron chi connectivity index (χ4n) is 5.83. The van der Waals surface area contributed by atoms with Gasteiger partial charge in [-0.1, -0.05) is 91.0 Å². The Hall–Kier alpha value is -3.78. The van der Waals surface area contributed by atoms with E-state index >= 15 is 0 Å². The molecule has 0 saturated carbocycles. The van der Waals surface area contributed by atoms with Crippen LogP contribution in [-0.2, 0) is 19.9 Å². The fourth-order valence-corrected chi connectivity index (χ4v) is 5.83. The number of alkyl halides is 3. The smallest absolute Gasteiger partial charge is 0.335 e. The number of carbonyl (C=O) groups is 3. The Bertz CT molecular complexity index is 1220. The van der Waals surface area contributed by atoms with Crippen LogP contribution in [0.4, 0.5) is 13.2 Å². The SMILES string of the molecule is CC(=O)CCCCN(CCCN(CCCCC(C)=O)C(c1ccccc1)(c1ccccc1)c1ccccc1)C(=O)C(F)(F)F. The molecule has 0 N–H and O–H groups in total. The third-order valence-electron chi connectivity index (χ3n) is 7.85. The van der Waals surface area contributed by atoms with E-state index in [9.17, 15) is 27.6 Å². The van der Waals surface area contributed by atoms with Crippen molar-refractivity contribution < 1.29 is 27.6 Å². The Morgan fingerprint density at radius 2 is 0.909 bits per heavy atom. The molecular weight excluding hydrogens is 565 g/mol. The minimum Gasteiger partial charge on any atom is -0.335 e. The molecule has 0 aromatic heterocycles. The van der Waals surface area contributed by atoms with E-state index in [0.29, 0.717) is 51.6 Å². The van der Waals surface area contributed by atoms with Crippen LogP contribution in [-0.4, -0.2) is 59.6 Å². The quantitative estimate of drug-likeness (QED) is 0.110. The summed E-state index contributed by atoms with van der Waals surface area (Å²) in [6.45, 7) is 3.86. The molecule has 8 heteroatoms. The maximum absolute atomic E-state index is 13.6. The van der Waals surface area contributed by atoms with Crippen molar-refractivity contribution in [3.8, 4) is 0 Å². The van der Waals surface area contributed by atoms with Crippen molar-refractivity contribution in [1.29, 1.82) is 0 Å². The molecule has 236 valence electrons. The molecule has 0 radical (unpaired) electrons. The third-order valence-corrected chi connectivity index (χ3v) is 7.85. The van der Waals surface area contributed by atoms with E-state index in [1.807, 2.05) is 54.6 Å². The number of Topliss-reactive ketones (excluding diaryl/α,β-unsaturated/α-hetero) is 2. The van der Waals surface area contributed by atoms with Crippen molar-refractivity contribution in [3.63, 3.8) is 0 Å². The first-order valence-electron chi connectivity index (χ1n) is 15.3. The minimum absolute atomic E-state index is 0.0295. The Balaban J connectivity index is 2.02. The lowest BCUT2D eigenvalue weighted by atomic mass is 9.75. The molecule has 3 aromatic carbocycles. The number of carbonyl (C=O) groups excluding carboxylic acids is 3. The summed E-state index contributed by atoms with van der Waals surface area (Å²) in [5.74, 6) is -1.77. The van der Waals surface area contributed by atoms with Crippen molar-refractivity contribution in [2.24, 2.45) is 0 Å². The molecule has 0 fully saturated rings. The van der Waals surface area contributed by atoms with Crippen LogP contribution in [0.15, 0.2) is 91.0 Å². The van der Waals surface area contributed by atoms with Gasteiger partial charge >= 0.3 is 12.1 Å². The van der Waals surface area contributed by atoms with E-state index in [0.717, 1.165) is 21.6 Å². The van der Waals surface area contributed by atoms with Gasteiger partial charge in [0.2, 0.25) is 0 Å². The minimum atomic E-state index is -4.98. The summed E-state index contributed by atoms with van der Waals surface area (Å²) >= 11 is 0. The highest BCUT2D eigenvalue weighted by Gasteiger charge is 2.43. The van der Waals surface area contributed by atoms with Gasteiger partial charge in [0.1, 0.15) is 11.6 Å². The van der Waals surface area contributed by atoms with Crippen LogP contribution in [0, 0.1) is 0 Å². The normalized spacial score (nSPS) is 11.9. The summed E-state index contributed by atoms with van der Waals surface area (Å²) in [5.41, 5.74) is 2.25. The number of benzene rings is 3. The Labute approximate surface area is 259 Å². The van der Waals surface area contributed by atoms with Gasteiger partial charge in [-0.15, -0.1) is 0 Å². The number of halogens is 3. The van der Waals surface area contributed by atoms with Gasteiger partial charge in [0, 0.05) is 32.5 Å². The maximum Gasteiger partial charge on any atom is 0.471 e. The van der Waals surface area contributed by atoms with Crippen molar-refractivity contribution in [3.05, 3.63) is 108 Å². The molecule has 0 heterocycles. The number of ketones is 2. The summed E-state index contributed by atoms with van der Waals surface area (Å²) in [7, 11) is 0. The first-order chi connectivity index (χ1) is 21.1. The zero-order chi connectivity index (χ0) is 32.0. The van der Waals surface area contributed by atoms with Crippen LogP contribution in [0.25, 0.3) is 0 Å². The maximum atomic E-state index is 13.6. The molecule has 0 saturated heterocycles. The van der Waals surface area contributed by atoms with Gasteiger partial charge in [-0.3, -0.25) is 9.69 Å². The lowest BCUT2D eigenvalue weighted by Gasteiger charge is -2.46. The number of hydrogen-bond acceptors (Lipinski definition) is 4. The van der Waals surface area contributed by atoms with Crippen molar-refractivity contribution >= 4 is 17.5 Å². The van der Waals surface area contributed by atoms with E-state index in [1.54, 1.807) is 6.92 Å². The summed E-state index contributed by atoms with van der Waals surface area (Å²) in [6, 6.07) is 30.1. The average molecular weight is 609 g/mol. The van der Waals surface area contributed by atoms with Crippen LogP contribution in [0.2, 0.25) is 0 Å². The number of hydrogen-bond donors (Lipinski definition) is 0. The van der Waals surface area contributed by atoms with Crippen LogP contribution < -0.4 is 0 Å². The van der Waals surface area contributed by atoms with E-state index in [-0.39, 0.29) is 31.1 Å². The van der Waals surface area contributed by atoms with Crippen molar-refractivity contribution in [1.82, 2.24) is 9.80 Å². The van der Waals surface area contributed by atoms with Crippen LogP contribution in [0.3, 0.4) is 0 Å². The summed E-state index contributed by atoms with van der Waals surface area (Å²) in [5, 5.41) is 0. The van der Waals surface area contributed by atoms with E-state index in [2.05, 4.69) is 41.3 Å². The first kappa shape index (κ1) is 34.7. The van der Waals surface area contributed by atoms with E-state index in [4.69, 9.17) is 0 Å². The van der Waals surface area contributed by atoms with Crippen molar-refractivity contribution in [2.75, 3.05) is 26.2 Å². The largest absolute Gasteiger partial charge is 0.471 e. The molecule has 0 unspecified atom stereocenters. The third kappa shape index (κ3) is 9.61. The fraction of sp³-hybridized carbons (Fsp3) is 0.417. The summed E-state index contributed by atoms with van der Waals surface area (Å²) in [4.78, 5) is 38.6. The molecule has 1 amide bonds. The summed E-state index contributed by atoms with van der Waals surface area (Å²) in [6.07, 6.45) is -1.80. The number of rotatable bonds is 18. The predicted molar refractivity (Wildman–Crippen MR) is 167 cm³/mol. The van der Waals surface area contributed by atoms with E-state index < -0.39 is 17.6 Å². The van der Waals surface area contributed by atoms with Gasteiger partial charge in [0.05, 0.1) is 5.54 Å². The molecule has 0 aliphatic heterocycles. The van der Waals surface area contributed by atoms with Gasteiger partial charge in [0.15, 0.2) is 0 Å². The molecule has 5 nitrogen and oxygen atoms in total. The second-order valence-corrected chi connectivity index (χ2v) is 11.3. The van der Waals surface area contributed by atoms with Gasteiger partial charge in [0.25, 0.3) is 0 Å². The zero-order valence-electron chi connectivity index (χ0n) is 25.7. The average Bonchev–Trinajstić information content (AvgIpc) is 3.01. The van der Waals surface area contributed by atoms with Crippen LogP contribution in [0.5, 0.6) is 0 Å².